The Morgan fingerprint density at radius 2 is 2.57 bits per heavy atom. The summed E-state index contributed by atoms with van der Waals surface area (Å²) in [6, 6.07) is 0. The predicted octanol–water partition coefficient (Wildman–Crippen LogP) is 1.86. The van der Waals surface area contributed by atoms with Crippen LogP contribution in [0.25, 0.3) is 0 Å². The average Bonchev–Trinajstić information content (AvgIpc) is 2.64. The molecule has 0 radical (unpaired) electrons. The van der Waals surface area contributed by atoms with E-state index in [4.69, 9.17) is 16.3 Å². The lowest BCUT2D eigenvalue weighted by molar-refractivity contribution is -0.124. The largest absolute Gasteiger partial charge is 0.372 e. The molecule has 1 amide bonds. The highest BCUT2D eigenvalue weighted by Crippen LogP contribution is 2.16. The van der Waals surface area contributed by atoms with Crippen LogP contribution in [0.4, 0.5) is 5.13 Å². The Bertz CT molecular complexity index is 316. The second kappa shape index (κ2) is 5.29. The second-order valence-electron chi connectivity index (χ2n) is 2.64. The van der Waals surface area contributed by atoms with Crippen molar-refractivity contribution in [3.63, 3.8) is 0 Å². The molecule has 0 aliphatic carbocycles. The van der Waals surface area contributed by atoms with Gasteiger partial charge in [-0.3, -0.25) is 10.1 Å². The Morgan fingerprint density at radius 3 is 3.07 bits per heavy atom. The summed E-state index contributed by atoms with van der Waals surface area (Å²) in [5.41, 5.74) is 0.761. The maximum Gasteiger partial charge on any atom is 0.254 e. The van der Waals surface area contributed by atoms with Gasteiger partial charge >= 0.3 is 0 Å². The van der Waals surface area contributed by atoms with Crippen LogP contribution in [0.5, 0.6) is 0 Å². The van der Waals surface area contributed by atoms with Crippen molar-refractivity contribution in [3.8, 4) is 0 Å². The van der Waals surface area contributed by atoms with Crippen LogP contribution in [-0.2, 0) is 15.4 Å². The zero-order chi connectivity index (χ0) is 10.6. The number of alkyl halides is 1. The Balaban J connectivity index is 2.56. The van der Waals surface area contributed by atoms with Crippen LogP contribution in [0.15, 0.2) is 5.38 Å². The molecule has 1 unspecified atom stereocenters. The van der Waals surface area contributed by atoms with Crippen LogP contribution in [0.1, 0.15) is 12.6 Å². The number of aromatic nitrogens is 1. The van der Waals surface area contributed by atoms with Gasteiger partial charge in [0.05, 0.1) is 11.6 Å². The third-order valence-corrected chi connectivity index (χ3v) is 2.72. The van der Waals surface area contributed by atoms with Crippen molar-refractivity contribution in [1.82, 2.24) is 4.98 Å². The Labute approximate surface area is 91.2 Å². The number of ether oxygens (including phenoxy) is 1. The minimum atomic E-state index is -0.474. The number of carbonyl (C=O) groups excluding carboxylic acids is 1. The molecule has 0 spiro atoms. The van der Waals surface area contributed by atoms with E-state index in [0.29, 0.717) is 11.0 Å². The number of nitrogens with zero attached hydrogens (tertiary/aromatic N) is 1. The topological polar surface area (TPSA) is 51.2 Å². The van der Waals surface area contributed by atoms with Gasteiger partial charge in [-0.05, 0) is 6.92 Å². The Hall–Kier alpha value is -0.650. The second-order valence-corrected chi connectivity index (χ2v) is 3.77. The summed E-state index contributed by atoms with van der Waals surface area (Å²) in [6.07, 6.45) is -0.474. The quantitative estimate of drug-likeness (QED) is 0.809. The smallest absolute Gasteiger partial charge is 0.254 e. The van der Waals surface area contributed by atoms with E-state index < -0.39 is 6.10 Å². The molecular weight excluding hydrogens is 224 g/mol. The van der Waals surface area contributed by atoms with Crippen LogP contribution in [0, 0.1) is 0 Å². The number of halogens is 1. The number of nitrogens with one attached hydrogen (secondary N) is 1. The van der Waals surface area contributed by atoms with Crippen LogP contribution >= 0.6 is 22.9 Å². The fourth-order valence-corrected chi connectivity index (χ4v) is 1.68. The van der Waals surface area contributed by atoms with Crippen molar-refractivity contribution < 1.29 is 9.53 Å². The minimum Gasteiger partial charge on any atom is -0.372 e. The molecule has 0 saturated carbocycles. The molecule has 1 aromatic heterocycles. The molecule has 1 aromatic rings. The first-order valence-corrected chi connectivity index (χ1v) is 5.42. The number of hydrogen-bond donors (Lipinski definition) is 1. The van der Waals surface area contributed by atoms with Gasteiger partial charge in [0, 0.05) is 12.5 Å². The number of anilines is 1. The van der Waals surface area contributed by atoms with Crippen molar-refractivity contribution in [2.75, 3.05) is 12.4 Å². The van der Waals surface area contributed by atoms with Crippen molar-refractivity contribution in [1.29, 1.82) is 0 Å². The maximum atomic E-state index is 11.3. The lowest BCUT2D eigenvalue weighted by Gasteiger charge is -2.07. The molecule has 6 heteroatoms. The maximum absolute atomic E-state index is 11.3. The zero-order valence-corrected chi connectivity index (χ0v) is 9.48. The normalized spacial score (nSPS) is 12.5. The molecule has 0 fully saturated rings. The first-order valence-electron chi connectivity index (χ1n) is 4.01. The van der Waals surface area contributed by atoms with E-state index in [-0.39, 0.29) is 5.91 Å². The predicted molar refractivity (Wildman–Crippen MR) is 56.8 cm³/mol. The van der Waals surface area contributed by atoms with Gasteiger partial charge in [0.15, 0.2) is 5.13 Å². The molecule has 78 valence electrons. The number of amides is 1. The zero-order valence-electron chi connectivity index (χ0n) is 7.91. The molecule has 0 aliphatic rings. The van der Waals surface area contributed by atoms with E-state index in [1.165, 1.54) is 18.4 Å². The van der Waals surface area contributed by atoms with E-state index in [1.807, 2.05) is 0 Å². The first-order chi connectivity index (χ1) is 6.67. The van der Waals surface area contributed by atoms with Gasteiger partial charge in [-0.2, -0.15) is 0 Å². The lowest BCUT2D eigenvalue weighted by Crippen LogP contribution is -2.26. The Kier molecular flexibility index (Phi) is 4.31. The minimum absolute atomic E-state index is 0.206. The van der Waals surface area contributed by atoms with Gasteiger partial charge in [0.25, 0.3) is 5.91 Å². The number of thiazole rings is 1. The van der Waals surface area contributed by atoms with Gasteiger partial charge in [-0.15, -0.1) is 22.9 Å². The molecule has 14 heavy (non-hydrogen) atoms. The molecule has 1 N–H and O–H groups in total. The van der Waals surface area contributed by atoms with Crippen LogP contribution in [-0.4, -0.2) is 24.1 Å². The van der Waals surface area contributed by atoms with E-state index in [1.54, 1.807) is 12.3 Å². The third-order valence-electron chi connectivity index (χ3n) is 1.64. The molecule has 4 nitrogen and oxygen atoms in total. The summed E-state index contributed by atoms with van der Waals surface area (Å²) in [5, 5.41) is 4.99. The van der Waals surface area contributed by atoms with Crippen LogP contribution in [0.3, 0.4) is 0 Å². The van der Waals surface area contributed by atoms with E-state index in [2.05, 4.69) is 10.3 Å². The van der Waals surface area contributed by atoms with Gasteiger partial charge < -0.3 is 4.74 Å². The lowest BCUT2D eigenvalue weighted by atomic mass is 10.4. The summed E-state index contributed by atoms with van der Waals surface area (Å²) in [5.74, 6) is 0.148. The standard InChI is InChI=1S/C8H11ClN2O2S/c1-5(13-2)7(12)11-8-10-6(3-9)4-14-8/h4-5H,3H2,1-2H3,(H,10,11,12). The highest BCUT2D eigenvalue weighted by atomic mass is 35.5. The number of hydrogen-bond acceptors (Lipinski definition) is 4. The summed E-state index contributed by atoms with van der Waals surface area (Å²) < 4.78 is 4.86. The highest BCUT2D eigenvalue weighted by molar-refractivity contribution is 7.14. The number of methoxy groups -OCH3 is 1. The molecule has 0 aliphatic heterocycles. The SMILES string of the molecule is COC(C)C(=O)Nc1nc(CCl)cs1. The van der Waals surface area contributed by atoms with Gasteiger partial charge in [0.2, 0.25) is 0 Å². The molecule has 1 heterocycles. The van der Waals surface area contributed by atoms with Crippen molar-refractivity contribution in [2.24, 2.45) is 0 Å². The summed E-state index contributed by atoms with van der Waals surface area (Å²) in [4.78, 5) is 15.4. The summed E-state index contributed by atoms with van der Waals surface area (Å²) in [6.45, 7) is 1.67. The molecule has 0 saturated heterocycles. The van der Waals surface area contributed by atoms with Gasteiger partial charge in [0.1, 0.15) is 6.10 Å². The van der Waals surface area contributed by atoms with E-state index >= 15 is 0 Å². The van der Waals surface area contributed by atoms with Crippen molar-refractivity contribution in [2.45, 2.75) is 18.9 Å². The van der Waals surface area contributed by atoms with Crippen LogP contribution < -0.4 is 5.32 Å². The third kappa shape index (κ3) is 2.94. The van der Waals surface area contributed by atoms with Gasteiger partial charge in [-0.25, -0.2) is 4.98 Å². The molecule has 0 bridgehead atoms. The summed E-state index contributed by atoms with van der Waals surface area (Å²) >= 11 is 6.92. The molecule has 1 atom stereocenters. The summed E-state index contributed by atoms with van der Waals surface area (Å²) in [7, 11) is 1.48. The fourth-order valence-electron chi connectivity index (χ4n) is 0.740. The fraction of sp³-hybridized carbons (Fsp3) is 0.500. The molecule has 0 aromatic carbocycles. The van der Waals surface area contributed by atoms with Gasteiger partial charge in [-0.1, -0.05) is 0 Å². The average molecular weight is 235 g/mol. The monoisotopic (exact) mass is 234 g/mol. The van der Waals surface area contributed by atoms with E-state index in [0.717, 1.165) is 5.69 Å². The van der Waals surface area contributed by atoms with Crippen molar-refractivity contribution >= 4 is 34.0 Å². The molecule has 1 rings (SSSR count). The Morgan fingerprint density at radius 1 is 1.86 bits per heavy atom. The van der Waals surface area contributed by atoms with Crippen LogP contribution in [0.2, 0.25) is 0 Å². The van der Waals surface area contributed by atoms with E-state index in [9.17, 15) is 4.79 Å². The first kappa shape index (κ1) is 11.4. The number of carbonyl (C=O) groups is 1. The number of rotatable bonds is 4. The highest BCUT2D eigenvalue weighted by Gasteiger charge is 2.13. The van der Waals surface area contributed by atoms with Crippen molar-refractivity contribution in [3.05, 3.63) is 11.1 Å². The molecular formula is C8H11ClN2O2S.